The Balaban J connectivity index is 1.63. The fourth-order valence-corrected chi connectivity index (χ4v) is 3.39. The standard InChI is InChI=1S/C16H21N5O2S/c1-3-14-10-20(7-8-23-14)15(22)11-24-16-17-18-19-21(16)13-6-4-5-12(2)9-13/h4-6,9,14H,3,7-8,10-11H2,1-2H3/t14-/m0/s1. The van der Waals surface area contributed by atoms with Gasteiger partial charge in [0, 0.05) is 13.1 Å². The number of rotatable bonds is 5. The highest BCUT2D eigenvalue weighted by Gasteiger charge is 2.23. The van der Waals surface area contributed by atoms with Crippen molar-refractivity contribution in [1.29, 1.82) is 0 Å². The molecular formula is C16H21N5O2S. The zero-order chi connectivity index (χ0) is 16.9. The molecule has 0 unspecified atom stereocenters. The van der Waals surface area contributed by atoms with Crippen molar-refractivity contribution in [2.45, 2.75) is 31.5 Å². The minimum atomic E-state index is 0.0977. The van der Waals surface area contributed by atoms with E-state index in [9.17, 15) is 4.79 Å². The van der Waals surface area contributed by atoms with E-state index in [0.29, 0.717) is 30.6 Å². The van der Waals surface area contributed by atoms with Gasteiger partial charge in [-0.25, -0.2) is 0 Å². The summed E-state index contributed by atoms with van der Waals surface area (Å²) in [6.07, 6.45) is 1.06. The predicted molar refractivity (Wildman–Crippen MR) is 91.2 cm³/mol. The number of aromatic nitrogens is 4. The van der Waals surface area contributed by atoms with Crippen molar-refractivity contribution in [3.8, 4) is 5.69 Å². The number of benzene rings is 1. The molecule has 1 atom stereocenters. The third-order valence-corrected chi connectivity index (χ3v) is 4.86. The first kappa shape index (κ1) is 16.9. The summed E-state index contributed by atoms with van der Waals surface area (Å²) < 4.78 is 7.27. The van der Waals surface area contributed by atoms with Crippen LogP contribution in [0.3, 0.4) is 0 Å². The van der Waals surface area contributed by atoms with Crippen LogP contribution in [0.25, 0.3) is 5.69 Å². The first-order chi connectivity index (χ1) is 11.7. The van der Waals surface area contributed by atoms with Crippen molar-refractivity contribution in [3.63, 3.8) is 0 Å². The maximum absolute atomic E-state index is 12.4. The normalized spacial score (nSPS) is 17.9. The number of morpholine rings is 1. The Bertz CT molecular complexity index is 705. The number of amides is 1. The molecule has 0 bridgehead atoms. The summed E-state index contributed by atoms with van der Waals surface area (Å²) in [4.78, 5) is 14.3. The molecular weight excluding hydrogens is 326 g/mol. The summed E-state index contributed by atoms with van der Waals surface area (Å²) in [5.41, 5.74) is 2.03. The number of hydrogen-bond donors (Lipinski definition) is 0. The van der Waals surface area contributed by atoms with Crippen LogP contribution in [0.5, 0.6) is 0 Å². The number of ether oxygens (including phenoxy) is 1. The van der Waals surface area contributed by atoms with Crippen molar-refractivity contribution in [3.05, 3.63) is 29.8 Å². The maximum atomic E-state index is 12.4. The fourth-order valence-electron chi connectivity index (χ4n) is 2.60. The Kier molecular flexibility index (Phi) is 5.47. The molecule has 1 fully saturated rings. The lowest BCUT2D eigenvalue weighted by molar-refractivity contribution is -0.135. The van der Waals surface area contributed by atoms with Gasteiger partial charge in [0.25, 0.3) is 0 Å². The summed E-state index contributed by atoms with van der Waals surface area (Å²) in [6, 6.07) is 7.94. The predicted octanol–water partition coefficient (Wildman–Crippen LogP) is 1.70. The van der Waals surface area contributed by atoms with E-state index in [1.807, 2.05) is 36.1 Å². The van der Waals surface area contributed by atoms with E-state index < -0.39 is 0 Å². The molecule has 0 spiro atoms. The van der Waals surface area contributed by atoms with E-state index >= 15 is 0 Å². The molecule has 8 heteroatoms. The second kappa shape index (κ2) is 7.76. The average molecular weight is 347 g/mol. The average Bonchev–Trinajstić information content (AvgIpc) is 3.08. The van der Waals surface area contributed by atoms with Crippen LogP contribution in [0.15, 0.2) is 29.4 Å². The van der Waals surface area contributed by atoms with Crippen molar-refractivity contribution in [2.24, 2.45) is 0 Å². The quantitative estimate of drug-likeness (QED) is 0.767. The lowest BCUT2D eigenvalue weighted by Gasteiger charge is -2.32. The van der Waals surface area contributed by atoms with Gasteiger partial charge in [0.1, 0.15) is 0 Å². The van der Waals surface area contributed by atoms with E-state index in [1.165, 1.54) is 11.8 Å². The molecule has 0 saturated carbocycles. The maximum Gasteiger partial charge on any atom is 0.233 e. The van der Waals surface area contributed by atoms with Crippen LogP contribution in [0.1, 0.15) is 18.9 Å². The molecule has 24 heavy (non-hydrogen) atoms. The Morgan fingerprint density at radius 2 is 2.33 bits per heavy atom. The lowest BCUT2D eigenvalue weighted by atomic mass is 10.2. The van der Waals surface area contributed by atoms with Crippen molar-refractivity contribution < 1.29 is 9.53 Å². The van der Waals surface area contributed by atoms with Gasteiger partial charge in [-0.3, -0.25) is 4.79 Å². The summed E-state index contributed by atoms with van der Waals surface area (Å²) >= 11 is 1.36. The fraction of sp³-hybridized carbons (Fsp3) is 0.500. The number of thioether (sulfide) groups is 1. The van der Waals surface area contributed by atoms with E-state index in [2.05, 4.69) is 22.4 Å². The number of hydrogen-bond acceptors (Lipinski definition) is 6. The summed E-state index contributed by atoms with van der Waals surface area (Å²) in [7, 11) is 0. The molecule has 2 heterocycles. The second-order valence-corrected chi connectivity index (χ2v) is 6.68. The molecule has 1 amide bonds. The van der Waals surface area contributed by atoms with Crippen LogP contribution in [-0.2, 0) is 9.53 Å². The first-order valence-electron chi connectivity index (χ1n) is 8.05. The largest absolute Gasteiger partial charge is 0.375 e. The van der Waals surface area contributed by atoms with E-state index in [1.54, 1.807) is 4.68 Å². The number of carbonyl (C=O) groups excluding carboxylic acids is 1. The lowest BCUT2D eigenvalue weighted by Crippen LogP contribution is -2.46. The summed E-state index contributed by atoms with van der Waals surface area (Å²) in [6.45, 7) is 6.02. The molecule has 1 aromatic carbocycles. The molecule has 1 aliphatic heterocycles. The van der Waals surface area contributed by atoms with E-state index in [4.69, 9.17) is 4.74 Å². The van der Waals surface area contributed by atoms with Crippen LogP contribution >= 0.6 is 11.8 Å². The van der Waals surface area contributed by atoms with Gasteiger partial charge in [-0.2, -0.15) is 4.68 Å². The smallest absolute Gasteiger partial charge is 0.233 e. The SMILES string of the molecule is CC[C@H]1CN(C(=O)CSc2nnnn2-c2cccc(C)c2)CCO1. The minimum Gasteiger partial charge on any atom is -0.375 e. The molecule has 1 aliphatic rings. The van der Waals surface area contributed by atoms with Crippen LogP contribution in [-0.4, -0.2) is 62.6 Å². The molecule has 0 aliphatic carbocycles. The molecule has 0 N–H and O–H groups in total. The van der Waals surface area contributed by atoms with E-state index in [-0.39, 0.29) is 12.0 Å². The number of nitrogens with zero attached hydrogens (tertiary/aromatic N) is 5. The topological polar surface area (TPSA) is 73.1 Å². The minimum absolute atomic E-state index is 0.0977. The molecule has 2 aromatic rings. The number of tetrazole rings is 1. The van der Waals surface area contributed by atoms with Gasteiger partial charge in [-0.05, 0) is 41.5 Å². The van der Waals surface area contributed by atoms with Gasteiger partial charge in [0.05, 0.1) is 24.2 Å². The molecule has 0 radical (unpaired) electrons. The first-order valence-corrected chi connectivity index (χ1v) is 9.03. The highest BCUT2D eigenvalue weighted by Crippen LogP contribution is 2.20. The highest BCUT2D eigenvalue weighted by atomic mass is 32.2. The van der Waals surface area contributed by atoms with Gasteiger partial charge in [0.2, 0.25) is 11.1 Å². The van der Waals surface area contributed by atoms with Crippen LogP contribution in [0, 0.1) is 6.92 Å². The Morgan fingerprint density at radius 1 is 1.46 bits per heavy atom. The van der Waals surface area contributed by atoms with E-state index in [0.717, 1.165) is 17.7 Å². The van der Waals surface area contributed by atoms with Gasteiger partial charge < -0.3 is 9.64 Å². The zero-order valence-electron chi connectivity index (χ0n) is 13.9. The molecule has 128 valence electrons. The third-order valence-electron chi connectivity index (χ3n) is 3.96. The third kappa shape index (κ3) is 3.93. The molecule has 1 saturated heterocycles. The van der Waals surface area contributed by atoms with Crippen molar-refractivity contribution >= 4 is 17.7 Å². The summed E-state index contributed by atoms with van der Waals surface area (Å²) in [5.74, 6) is 0.420. The number of aryl methyl sites for hydroxylation is 1. The van der Waals surface area contributed by atoms with Gasteiger partial charge in [-0.15, -0.1) is 5.10 Å². The second-order valence-electron chi connectivity index (χ2n) is 5.74. The summed E-state index contributed by atoms with van der Waals surface area (Å²) in [5, 5.41) is 12.4. The molecule has 3 rings (SSSR count). The Morgan fingerprint density at radius 3 is 3.12 bits per heavy atom. The monoisotopic (exact) mass is 347 g/mol. The highest BCUT2D eigenvalue weighted by molar-refractivity contribution is 7.99. The molecule has 1 aromatic heterocycles. The van der Waals surface area contributed by atoms with Crippen LogP contribution < -0.4 is 0 Å². The van der Waals surface area contributed by atoms with Gasteiger partial charge in [-0.1, -0.05) is 30.8 Å². The van der Waals surface area contributed by atoms with Crippen molar-refractivity contribution in [1.82, 2.24) is 25.1 Å². The van der Waals surface area contributed by atoms with Gasteiger partial charge in [0.15, 0.2) is 0 Å². The molecule has 7 nitrogen and oxygen atoms in total. The van der Waals surface area contributed by atoms with Crippen LogP contribution in [0.2, 0.25) is 0 Å². The van der Waals surface area contributed by atoms with Crippen LogP contribution in [0.4, 0.5) is 0 Å². The Labute approximate surface area is 145 Å². The zero-order valence-corrected chi connectivity index (χ0v) is 14.7. The van der Waals surface area contributed by atoms with Gasteiger partial charge >= 0.3 is 0 Å². The number of carbonyl (C=O) groups is 1. The Hall–Kier alpha value is -1.93. The van der Waals surface area contributed by atoms with Crippen molar-refractivity contribution in [2.75, 3.05) is 25.4 Å².